The van der Waals surface area contributed by atoms with Crippen molar-refractivity contribution in [3.05, 3.63) is 52.8 Å². The summed E-state index contributed by atoms with van der Waals surface area (Å²) in [6, 6.07) is 10.9. The van der Waals surface area contributed by atoms with Crippen LogP contribution in [0.15, 0.2) is 47.2 Å². The molecule has 0 atom stereocenters. The summed E-state index contributed by atoms with van der Waals surface area (Å²) in [5, 5.41) is 2.83. The van der Waals surface area contributed by atoms with Crippen molar-refractivity contribution in [2.75, 3.05) is 11.9 Å². The molecule has 4 nitrogen and oxygen atoms in total. The van der Waals surface area contributed by atoms with E-state index in [0.717, 1.165) is 28.5 Å². The molecule has 1 heterocycles. The molecule has 0 radical (unpaired) electrons. The van der Waals surface area contributed by atoms with Crippen LogP contribution in [0.25, 0.3) is 16.7 Å². The average molecular weight is 466 g/mol. The second kappa shape index (κ2) is 7.82. The molecule has 0 spiro atoms. The number of imidazole rings is 1. The van der Waals surface area contributed by atoms with Crippen molar-refractivity contribution in [3.63, 3.8) is 0 Å². The van der Waals surface area contributed by atoms with E-state index in [-0.39, 0.29) is 12.3 Å². The van der Waals surface area contributed by atoms with Crippen LogP contribution in [0.3, 0.4) is 0 Å². The molecule has 4 rings (SSSR count). The van der Waals surface area contributed by atoms with Gasteiger partial charge in [-0.1, -0.05) is 15.9 Å². The Bertz CT molecular complexity index is 1040. The Hall–Kier alpha value is -2.35. The van der Waals surface area contributed by atoms with Gasteiger partial charge in [-0.3, -0.25) is 9.36 Å². The first-order valence-electron chi connectivity index (χ1n) is 9.41. The lowest BCUT2D eigenvalue weighted by Crippen LogP contribution is -2.14. The molecule has 1 N–H and O–H groups in total. The van der Waals surface area contributed by atoms with Gasteiger partial charge in [0.05, 0.1) is 17.6 Å². The van der Waals surface area contributed by atoms with E-state index in [1.165, 1.54) is 0 Å². The minimum atomic E-state index is -4.21. The topological polar surface area (TPSA) is 46.9 Å². The van der Waals surface area contributed by atoms with Gasteiger partial charge >= 0.3 is 6.18 Å². The van der Waals surface area contributed by atoms with Crippen LogP contribution in [0.1, 0.15) is 36.0 Å². The highest BCUT2D eigenvalue weighted by molar-refractivity contribution is 9.10. The standard InChI is InChI=1S/C21H19BrF3N3O/c22-15-10-17(26-8-7-21(23,24)25)20-18(11-15)28(12-27-20)16-5-3-14(4-6-16)19(29)9-13-1-2-13/h3-6,10-13,26H,1-2,7-9H2. The molecule has 2 aromatic carbocycles. The van der Waals surface area contributed by atoms with E-state index in [9.17, 15) is 18.0 Å². The third kappa shape index (κ3) is 4.80. The van der Waals surface area contributed by atoms with Crippen LogP contribution in [0.2, 0.25) is 0 Å². The molecule has 1 fully saturated rings. The monoisotopic (exact) mass is 465 g/mol. The van der Waals surface area contributed by atoms with E-state index in [0.29, 0.717) is 29.1 Å². The molecule has 1 aliphatic carbocycles. The number of carbonyl (C=O) groups excluding carboxylic acids is 1. The Morgan fingerprint density at radius 1 is 1.21 bits per heavy atom. The van der Waals surface area contributed by atoms with Gasteiger partial charge in [-0.05, 0) is 55.2 Å². The first-order valence-corrected chi connectivity index (χ1v) is 10.2. The zero-order valence-electron chi connectivity index (χ0n) is 15.5. The van der Waals surface area contributed by atoms with Crippen molar-refractivity contribution in [2.24, 2.45) is 5.92 Å². The van der Waals surface area contributed by atoms with Crippen LogP contribution < -0.4 is 5.32 Å². The van der Waals surface area contributed by atoms with Gasteiger partial charge in [0.15, 0.2) is 5.78 Å². The molecular formula is C21H19BrF3N3O. The molecule has 8 heteroatoms. The maximum atomic E-state index is 12.4. The van der Waals surface area contributed by atoms with Gasteiger partial charge < -0.3 is 5.32 Å². The summed E-state index contributed by atoms with van der Waals surface area (Å²) in [7, 11) is 0. The van der Waals surface area contributed by atoms with Crippen LogP contribution >= 0.6 is 15.9 Å². The zero-order chi connectivity index (χ0) is 20.6. The SMILES string of the molecule is O=C(CC1CC1)c1ccc(-n2cnc3c(NCCC(F)(F)F)cc(Br)cc32)cc1. The van der Waals surface area contributed by atoms with Gasteiger partial charge in [0.25, 0.3) is 0 Å². The van der Waals surface area contributed by atoms with Gasteiger partial charge in [-0.25, -0.2) is 4.98 Å². The fourth-order valence-corrected chi connectivity index (χ4v) is 3.72. The van der Waals surface area contributed by atoms with Gasteiger partial charge in [0.1, 0.15) is 11.8 Å². The average Bonchev–Trinajstić information content (AvgIpc) is 3.37. The number of benzene rings is 2. The third-order valence-electron chi connectivity index (χ3n) is 4.98. The van der Waals surface area contributed by atoms with E-state index < -0.39 is 12.6 Å². The number of aromatic nitrogens is 2. The number of carbonyl (C=O) groups is 1. The molecule has 29 heavy (non-hydrogen) atoms. The largest absolute Gasteiger partial charge is 0.390 e. The predicted molar refractivity (Wildman–Crippen MR) is 110 cm³/mol. The number of hydrogen-bond donors (Lipinski definition) is 1. The van der Waals surface area contributed by atoms with Crippen LogP contribution in [0.5, 0.6) is 0 Å². The molecule has 1 saturated carbocycles. The number of hydrogen-bond acceptors (Lipinski definition) is 3. The highest BCUT2D eigenvalue weighted by atomic mass is 79.9. The molecule has 0 aliphatic heterocycles. The number of fused-ring (bicyclic) bond motifs is 1. The van der Waals surface area contributed by atoms with Crippen molar-refractivity contribution in [1.29, 1.82) is 0 Å². The fourth-order valence-electron chi connectivity index (χ4n) is 3.27. The minimum absolute atomic E-state index is 0.161. The van der Waals surface area contributed by atoms with Crippen LogP contribution in [0, 0.1) is 5.92 Å². The molecule has 0 amide bonds. The number of alkyl halides is 3. The molecule has 152 valence electrons. The number of ketones is 1. The van der Waals surface area contributed by atoms with E-state index in [2.05, 4.69) is 26.2 Å². The highest BCUT2D eigenvalue weighted by Gasteiger charge is 2.26. The number of Topliss-reactive ketones (excluding diaryl/α,β-unsaturated/α-hetero) is 1. The first-order chi connectivity index (χ1) is 13.8. The summed E-state index contributed by atoms with van der Waals surface area (Å²) in [5.74, 6) is 0.703. The molecular weight excluding hydrogens is 447 g/mol. The van der Waals surface area contributed by atoms with Crippen LogP contribution in [-0.4, -0.2) is 28.1 Å². The predicted octanol–water partition coefficient (Wildman–Crippen LogP) is 6.14. The lowest BCUT2D eigenvalue weighted by atomic mass is 10.1. The molecule has 0 bridgehead atoms. The maximum Gasteiger partial charge on any atom is 0.390 e. The van der Waals surface area contributed by atoms with Crippen LogP contribution in [0.4, 0.5) is 18.9 Å². The van der Waals surface area contributed by atoms with E-state index >= 15 is 0 Å². The zero-order valence-corrected chi connectivity index (χ0v) is 17.1. The number of halogens is 4. The summed E-state index contributed by atoms with van der Waals surface area (Å²) in [6.45, 7) is -0.223. The van der Waals surface area contributed by atoms with Crippen molar-refractivity contribution < 1.29 is 18.0 Å². The van der Waals surface area contributed by atoms with Gasteiger partial charge in [-0.2, -0.15) is 13.2 Å². The normalized spacial score (nSPS) is 14.3. The smallest absolute Gasteiger partial charge is 0.383 e. The molecule has 1 aromatic heterocycles. The van der Waals surface area contributed by atoms with Gasteiger partial charge in [0.2, 0.25) is 0 Å². The Balaban J connectivity index is 1.58. The summed E-state index contributed by atoms with van der Waals surface area (Å²) in [6.07, 6.45) is -0.618. The lowest BCUT2D eigenvalue weighted by Gasteiger charge is -2.11. The quantitative estimate of drug-likeness (QED) is 0.426. The summed E-state index contributed by atoms with van der Waals surface area (Å²) >= 11 is 3.42. The van der Waals surface area contributed by atoms with E-state index in [1.807, 2.05) is 34.9 Å². The molecule has 3 aromatic rings. The number of nitrogens with zero attached hydrogens (tertiary/aromatic N) is 2. The second-order valence-electron chi connectivity index (χ2n) is 7.35. The van der Waals surface area contributed by atoms with Crippen molar-refractivity contribution in [2.45, 2.75) is 31.9 Å². The first kappa shape index (κ1) is 19.9. The highest BCUT2D eigenvalue weighted by Crippen LogP contribution is 2.34. The minimum Gasteiger partial charge on any atom is -0.383 e. The summed E-state index contributed by atoms with van der Waals surface area (Å²) < 4.78 is 39.9. The third-order valence-corrected chi connectivity index (χ3v) is 5.44. The van der Waals surface area contributed by atoms with Gasteiger partial charge in [-0.15, -0.1) is 0 Å². The molecule has 0 unspecified atom stereocenters. The number of rotatable bonds is 7. The van der Waals surface area contributed by atoms with Crippen molar-refractivity contribution in [1.82, 2.24) is 9.55 Å². The Labute approximate surface area is 174 Å². The number of anilines is 1. The summed E-state index contributed by atoms with van der Waals surface area (Å²) in [4.78, 5) is 16.6. The Kier molecular flexibility index (Phi) is 5.38. The van der Waals surface area contributed by atoms with Crippen molar-refractivity contribution in [3.8, 4) is 5.69 Å². The van der Waals surface area contributed by atoms with E-state index in [1.54, 1.807) is 12.4 Å². The molecule has 1 aliphatic rings. The van der Waals surface area contributed by atoms with E-state index in [4.69, 9.17) is 0 Å². The maximum absolute atomic E-state index is 12.4. The second-order valence-corrected chi connectivity index (χ2v) is 8.26. The summed E-state index contributed by atoms with van der Waals surface area (Å²) in [5.41, 5.74) is 3.40. The molecule has 0 saturated heterocycles. The van der Waals surface area contributed by atoms with Crippen LogP contribution in [-0.2, 0) is 0 Å². The Morgan fingerprint density at radius 3 is 2.59 bits per heavy atom. The lowest BCUT2D eigenvalue weighted by molar-refractivity contribution is -0.131. The Morgan fingerprint density at radius 2 is 1.93 bits per heavy atom. The van der Waals surface area contributed by atoms with Gasteiger partial charge in [0, 0.05) is 28.7 Å². The number of nitrogens with one attached hydrogen (secondary N) is 1. The van der Waals surface area contributed by atoms with Crippen molar-refractivity contribution >= 4 is 38.4 Å². The fraction of sp³-hybridized carbons (Fsp3) is 0.333.